The molecule has 0 spiro atoms. The molecule has 0 aromatic heterocycles. The van der Waals surface area contributed by atoms with Crippen molar-refractivity contribution < 1.29 is 0 Å². The highest BCUT2D eigenvalue weighted by atomic mass is 15.2. The molecule has 1 rings (SSSR count). The Kier molecular flexibility index (Phi) is 4.90. The minimum absolute atomic E-state index is 0.645. The lowest BCUT2D eigenvalue weighted by molar-refractivity contribution is 0.146. The largest absolute Gasteiger partial charge is 0.329 e. The fraction of sp³-hybridized carbons (Fsp3) is 1.00. The summed E-state index contributed by atoms with van der Waals surface area (Å²) in [7, 11) is 2.26. The van der Waals surface area contributed by atoms with Crippen LogP contribution in [0, 0.1) is 5.92 Å². The van der Waals surface area contributed by atoms with Crippen LogP contribution in [-0.4, -0.2) is 30.6 Å². The highest BCUT2D eigenvalue weighted by Gasteiger charge is 2.34. The zero-order valence-electron chi connectivity index (χ0n) is 10.00. The number of nitrogens with two attached hydrogens (primary N) is 1. The first kappa shape index (κ1) is 12.0. The van der Waals surface area contributed by atoms with E-state index in [1.807, 2.05) is 0 Å². The van der Waals surface area contributed by atoms with Crippen molar-refractivity contribution in [2.75, 3.05) is 13.6 Å². The van der Waals surface area contributed by atoms with Gasteiger partial charge in [-0.2, -0.15) is 0 Å². The molecule has 1 fully saturated rings. The summed E-state index contributed by atoms with van der Waals surface area (Å²) in [5.41, 5.74) is 5.86. The smallest absolute Gasteiger partial charge is 0.0246 e. The van der Waals surface area contributed by atoms with E-state index in [0.717, 1.165) is 18.5 Å². The van der Waals surface area contributed by atoms with Gasteiger partial charge in [-0.3, -0.25) is 4.90 Å². The molecule has 0 heterocycles. The number of hydrogen-bond acceptors (Lipinski definition) is 2. The molecule has 1 saturated carbocycles. The minimum Gasteiger partial charge on any atom is -0.329 e. The standard InChI is InChI=1S/C12H26N2/c1-4-6-11(5-2)14(3)12(9-13)10-7-8-10/h10-12H,4-9,13H2,1-3H3. The predicted octanol–water partition coefficient (Wildman–Crippen LogP) is 2.23. The maximum atomic E-state index is 5.86. The van der Waals surface area contributed by atoms with Gasteiger partial charge >= 0.3 is 0 Å². The second-order valence-corrected chi connectivity index (χ2v) is 4.66. The van der Waals surface area contributed by atoms with E-state index in [9.17, 15) is 0 Å². The molecule has 84 valence electrons. The molecule has 0 aromatic rings. The van der Waals surface area contributed by atoms with Crippen molar-refractivity contribution in [2.45, 2.75) is 58.0 Å². The minimum atomic E-state index is 0.645. The molecule has 2 heteroatoms. The fourth-order valence-electron chi connectivity index (χ4n) is 2.47. The first-order chi connectivity index (χ1) is 6.74. The Morgan fingerprint density at radius 3 is 2.36 bits per heavy atom. The Balaban J connectivity index is 2.45. The van der Waals surface area contributed by atoms with Gasteiger partial charge in [-0.05, 0) is 38.6 Å². The van der Waals surface area contributed by atoms with Crippen LogP contribution in [0.1, 0.15) is 46.0 Å². The van der Waals surface area contributed by atoms with Gasteiger partial charge in [-0.25, -0.2) is 0 Å². The molecule has 0 amide bonds. The molecule has 2 nitrogen and oxygen atoms in total. The quantitative estimate of drug-likeness (QED) is 0.680. The number of hydrogen-bond donors (Lipinski definition) is 1. The van der Waals surface area contributed by atoms with Crippen LogP contribution in [-0.2, 0) is 0 Å². The predicted molar refractivity (Wildman–Crippen MR) is 62.3 cm³/mol. The molecule has 1 aliphatic rings. The van der Waals surface area contributed by atoms with Gasteiger partial charge in [-0.1, -0.05) is 20.3 Å². The van der Waals surface area contributed by atoms with Crippen LogP contribution in [0.25, 0.3) is 0 Å². The maximum absolute atomic E-state index is 5.86. The number of rotatable bonds is 7. The van der Waals surface area contributed by atoms with E-state index in [1.165, 1.54) is 32.1 Å². The van der Waals surface area contributed by atoms with E-state index in [-0.39, 0.29) is 0 Å². The Labute approximate surface area is 88.8 Å². The highest BCUT2D eigenvalue weighted by molar-refractivity contribution is 4.89. The molecule has 2 atom stereocenters. The summed E-state index contributed by atoms with van der Waals surface area (Å²) < 4.78 is 0. The van der Waals surface area contributed by atoms with Crippen molar-refractivity contribution in [3.63, 3.8) is 0 Å². The van der Waals surface area contributed by atoms with Gasteiger partial charge in [0.25, 0.3) is 0 Å². The van der Waals surface area contributed by atoms with Gasteiger partial charge in [-0.15, -0.1) is 0 Å². The van der Waals surface area contributed by atoms with Crippen molar-refractivity contribution in [3.8, 4) is 0 Å². The highest BCUT2D eigenvalue weighted by Crippen LogP contribution is 2.35. The molecular formula is C12H26N2. The van der Waals surface area contributed by atoms with Crippen LogP contribution in [0.15, 0.2) is 0 Å². The van der Waals surface area contributed by atoms with Crippen LogP contribution in [0.4, 0.5) is 0 Å². The molecule has 14 heavy (non-hydrogen) atoms. The van der Waals surface area contributed by atoms with Gasteiger partial charge in [0.2, 0.25) is 0 Å². The molecule has 2 N–H and O–H groups in total. The first-order valence-corrected chi connectivity index (χ1v) is 6.16. The SMILES string of the molecule is CCCC(CC)N(C)C(CN)C1CC1. The Morgan fingerprint density at radius 1 is 1.36 bits per heavy atom. The average Bonchev–Trinajstić information content (AvgIpc) is 2.99. The van der Waals surface area contributed by atoms with Crippen LogP contribution in [0.5, 0.6) is 0 Å². The molecule has 0 bridgehead atoms. The van der Waals surface area contributed by atoms with Crippen LogP contribution >= 0.6 is 0 Å². The van der Waals surface area contributed by atoms with E-state index >= 15 is 0 Å². The Morgan fingerprint density at radius 2 is 2.00 bits per heavy atom. The maximum Gasteiger partial charge on any atom is 0.0246 e. The molecule has 0 aromatic carbocycles. The van der Waals surface area contributed by atoms with E-state index in [0.29, 0.717) is 6.04 Å². The van der Waals surface area contributed by atoms with Crippen molar-refractivity contribution in [1.82, 2.24) is 4.90 Å². The summed E-state index contributed by atoms with van der Waals surface area (Å²) in [5, 5.41) is 0. The van der Waals surface area contributed by atoms with Crippen LogP contribution in [0.3, 0.4) is 0 Å². The normalized spacial score (nSPS) is 21.2. The van der Waals surface area contributed by atoms with Gasteiger partial charge in [0, 0.05) is 18.6 Å². The topological polar surface area (TPSA) is 29.3 Å². The van der Waals surface area contributed by atoms with Crippen molar-refractivity contribution in [2.24, 2.45) is 11.7 Å². The second-order valence-electron chi connectivity index (χ2n) is 4.66. The van der Waals surface area contributed by atoms with Crippen LogP contribution in [0.2, 0.25) is 0 Å². The summed E-state index contributed by atoms with van der Waals surface area (Å²) in [6, 6.07) is 1.39. The van der Waals surface area contributed by atoms with E-state index in [2.05, 4.69) is 25.8 Å². The lowest BCUT2D eigenvalue weighted by atomic mass is 10.0. The molecule has 0 radical (unpaired) electrons. The van der Waals surface area contributed by atoms with Crippen molar-refractivity contribution >= 4 is 0 Å². The summed E-state index contributed by atoms with van der Waals surface area (Å²) >= 11 is 0. The first-order valence-electron chi connectivity index (χ1n) is 6.16. The second kappa shape index (κ2) is 5.72. The van der Waals surface area contributed by atoms with Crippen molar-refractivity contribution in [3.05, 3.63) is 0 Å². The third-order valence-corrected chi connectivity index (χ3v) is 3.60. The molecule has 0 aliphatic heterocycles. The van der Waals surface area contributed by atoms with Crippen LogP contribution < -0.4 is 5.73 Å². The lowest BCUT2D eigenvalue weighted by Gasteiger charge is -2.34. The number of nitrogens with zero attached hydrogens (tertiary/aromatic N) is 1. The van der Waals surface area contributed by atoms with E-state index < -0.39 is 0 Å². The van der Waals surface area contributed by atoms with Gasteiger partial charge in [0.1, 0.15) is 0 Å². The zero-order chi connectivity index (χ0) is 10.6. The van der Waals surface area contributed by atoms with Crippen molar-refractivity contribution in [1.29, 1.82) is 0 Å². The zero-order valence-corrected chi connectivity index (χ0v) is 10.00. The number of likely N-dealkylation sites (N-methyl/N-ethyl adjacent to an activating group) is 1. The lowest BCUT2D eigenvalue weighted by Crippen LogP contribution is -2.45. The van der Waals surface area contributed by atoms with Gasteiger partial charge < -0.3 is 5.73 Å². The summed E-state index contributed by atoms with van der Waals surface area (Å²) in [5.74, 6) is 0.899. The Bertz CT molecular complexity index is 154. The van der Waals surface area contributed by atoms with Gasteiger partial charge in [0.05, 0.1) is 0 Å². The fourth-order valence-corrected chi connectivity index (χ4v) is 2.47. The molecule has 2 unspecified atom stereocenters. The van der Waals surface area contributed by atoms with E-state index in [1.54, 1.807) is 0 Å². The summed E-state index contributed by atoms with van der Waals surface area (Å²) in [6.07, 6.45) is 6.65. The average molecular weight is 198 g/mol. The molecular weight excluding hydrogens is 172 g/mol. The summed E-state index contributed by atoms with van der Waals surface area (Å²) in [4.78, 5) is 2.54. The Hall–Kier alpha value is -0.0800. The van der Waals surface area contributed by atoms with E-state index in [4.69, 9.17) is 5.73 Å². The monoisotopic (exact) mass is 198 g/mol. The molecule has 1 aliphatic carbocycles. The summed E-state index contributed by atoms with van der Waals surface area (Å²) in [6.45, 7) is 5.39. The third-order valence-electron chi connectivity index (χ3n) is 3.60. The molecule has 0 saturated heterocycles. The third kappa shape index (κ3) is 2.96. The van der Waals surface area contributed by atoms with Gasteiger partial charge in [0.15, 0.2) is 0 Å².